The Hall–Kier alpha value is -1.53. The maximum atomic E-state index is 13.9. The molecule has 0 radical (unpaired) electrons. The van der Waals surface area contributed by atoms with Crippen molar-refractivity contribution in [2.45, 2.75) is 50.7 Å². The molecule has 0 heterocycles. The average molecular weight is 296 g/mol. The minimum absolute atomic E-state index is 0.00641. The lowest BCUT2D eigenvalue weighted by atomic mass is 9.92. The third kappa shape index (κ3) is 4.22. The van der Waals surface area contributed by atoms with Crippen LogP contribution in [-0.4, -0.2) is 17.1 Å². The number of hydrogen-bond donors (Lipinski definition) is 1. The van der Waals surface area contributed by atoms with Gasteiger partial charge in [-0.1, -0.05) is 37.8 Å². The number of nitrogens with two attached hydrogens (primary N) is 1. The Morgan fingerprint density at radius 3 is 2.57 bits per heavy atom. The molecule has 0 aromatic heterocycles. The number of nitrogens with zero attached hydrogens (tertiary/aromatic N) is 1. The molecule has 1 aromatic rings. The molecule has 1 aromatic carbocycles. The van der Waals surface area contributed by atoms with Crippen LogP contribution >= 0.6 is 0 Å². The molecule has 0 saturated heterocycles. The maximum absolute atomic E-state index is 13.9. The van der Waals surface area contributed by atoms with Crippen LogP contribution in [0, 0.1) is 15.9 Å². The molecule has 21 heavy (non-hydrogen) atoms. The van der Waals surface area contributed by atoms with Gasteiger partial charge in [-0.25, -0.2) is 0 Å². The van der Waals surface area contributed by atoms with E-state index >= 15 is 0 Å². The van der Waals surface area contributed by atoms with Gasteiger partial charge in [-0.3, -0.25) is 10.1 Å². The summed E-state index contributed by atoms with van der Waals surface area (Å²) in [5.41, 5.74) is 5.63. The number of rotatable bonds is 5. The van der Waals surface area contributed by atoms with Gasteiger partial charge in [-0.2, -0.15) is 4.39 Å². The third-order valence-corrected chi connectivity index (χ3v) is 4.00. The van der Waals surface area contributed by atoms with Crippen molar-refractivity contribution < 1.29 is 14.1 Å². The van der Waals surface area contributed by atoms with Crippen molar-refractivity contribution in [2.24, 2.45) is 5.73 Å². The van der Waals surface area contributed by atoms with Crippen LogP contribution in [-0.2, 0) is 11.3 Å². The van der Waals surface area contributed by atoms with E-state index in [0.717, 1.165) is 31.7 Å². The van der Waals surface area contributed by atoms with Crippen LogP contribution in [0.1, 0.15) is 44.1 Å². The lowest BCUT2D eigenvalue weighted by Crippen LogP contribution is -2.43. The van der Waals surface area contributed by atoms with Gasteiger partial charge in [-0.15, -0.1) is 0 Å². The molecular weight excluding hydrogens is 275 g/mol. The van der Waals surface area contributed by atoms with Crippen molar-refractivity contribution >= 4 is 5.69 Å². The van der Waals surface area contributed by atoms with E-state index in [1.165, 1.54) is 25.0 Å². The monoisotopic (exact) mass is 296 g/mol. The van der Waals surface area contributed by atoms with Gasteiger partial charge >= 0.3 is 5.69 Å². The second kappa shape index (κ2) is 6.95. The van der Waals surface area contributed by atoms with E-state index in [-0.39, 0.29) is 17.7 Å². The zero-order valence-electron chi connectivity index (χ0n) is 12.0. The van der Waals surface area contributed by atoms with Crippen LogP contribution in [0.15, 0.2) is 18.2 Å². The number of benzene rings is 1. The average Bonchev–Trinajstić information content (AvgIpc) is 2.65. The summed E-state index contributed by atoms with van der Waals surface area (Å²) in [5, 5.41) is 10.7. The first-order valence-corrected chi connectivity index (χ1v) is 7.30. The van der Waals surface area contributed by atoms with Crippen LogP contribution in [0.5, 0.6) is 0 Å². The first-order chi connectivity index (χ1) is 10.0. The quantitative estimate of drug-likeness (QED) is 0.513. The van der Waals surface area contributed by atoms with E-state index < -0.39 is 16.4 Å². The maximum Gasteiger partial charge on any atom is 0.305 e. The predicted octanol–water partition coefficient (Wildman–Crippen LogP) is 3.30. The summed E-state index contributed by atoms with van der Waals surface area (Å²) >= 11 is 0. The van der Waals surface area contributed by atoms with Gasteiger partial charge in [0.2, 0.25) is 5.82 Å². The largest absolute Gasteiger partial charge is 0.375 e. The molecule has 1 fully saturated rings. The molecule has 0 spiro atoms. The van der Waals surface area contributed by atoms with Crippen molar-refractivity contribution in [3.05, 3.63) is 39.7 Å². The molecule has 0 amide bonds. The normalized spacial score (nSPS) is 18.2. The molecule has 1 aliphatic carbocycles. The number of nitro groups is 1. The third-order valence-electron chi connectivity index (χ3n) is 4.00. The molecule has 2 rings (SSSR count). The van der Waals surface area contributed by atoms with E-state index in [1.54, 1.807) is 0 Å². The topological polar surface area (TPSA) is 78.4 Å². The van der Waals surface area contributed by atoms with Gasteiger partial charge < -0.3 is 10.5 Å². The number of nitro benzene ring substituents is 1. The fourth-order valence-electron chi connectivity index (χ4n) is 2.76. The van der Waals surface area contributed by atoms with E-state index in [9.17, 15) is 14.5 Å². The standard InChI is InChI=1S/C15H21FN2O3/c16-14-12(6-5-7-13(14)18(19)20)10-21-11-15(17)8-3-1-2-4-9-15/h5-7H,1-4,8-11,17H2. The Morgan fingerprint density at radius 2 is 1.95 bits per heavy atom. The van der Waals surface area contributed by atoms with Crippen LogP contribution in [0.2, 0.25) is 0 Å². The van der Waals surface area contributed by atoms with E-state index in [1.807, 2.05) is 0 Å². The molecule has 0 aliphatic heterocycles. The number of halogens is 1. The zero-order chi connectivity index (χ0) is 15.3. The smallest absolute Gasteiger partial charge is 0.305 e. The van der Waals surface area contributed by atoms with Gasteiger partial charge in [0.15, 0.2) is 0 Å². The minimum Gasteiger partial charge on any atom is -0.375 e. The van der Waals surface area contributed by atoms with Crippen LogP contribution in [0.3, 0.4) is 0 Å². The van der Waals surface area contributed by atoms with Gasteiger partial charge in [-0.05, 0) is 12.8 Å². The molecular formula is C15H21FN2O3. The molecule has 1 aliphatic rings. The summed E-state index contributed by atoms with van der Waals surface area (Å²) in [5.74, 6) is -0.825. The van der Waals surface area contributed by atoms with Gasteiger partial charge in [0.25, 0.3) is 0 Å². The molecule has 0 unspecified atom stereocenters. The number of ether oxygens (including phenoxy) is 1. The molecule has 2 N–H and O–H groups in total. The Labute approximate surface area is 123 Å². The fourth-order valence-corrected chi connectivity index (χ4v) is 2.76. The highest BCUT2D eigenvalue weighted by Crippen LogP contribution is 2.26. The van der Waals surface area contributed by atoms with Gasteiger partial charge in [0.1, 0.15) is 0 Å². The predicted molar refractivity (Wildman–Crippen MR) is 77.3 cm³/mol. The highest BCUT2D eigenvalue weighted by atomic mass is 19.1. The summed E-state index contributed by atoms with van der Waals surface area (Å²) in [4.78, 5) is 9.96. The molecule has 0 atom stereocenters. The van der Waals surface area contributed by atoms with Crippen molar-refractivity contribution in [1.29, 1.82) is 0 Å². The summed E-state index contributed by atoms with van der Waals surface area (Å²) < 4.78 is 19.4. The zero-order valence-corrected chi connectivity index (χ0v) is 12.0. The summed E-state index contributed by atoms with van der Waals surface area (Å²) in [7, 11) is 0. The SMILES string of the molecule is NC1(COCc2cccc([N+](=O)[O-])c2F)CCCCCC1. The van der Waals surface area contributed by atoms with Crippen molar-refractivity contribution in [1.82, 2.24) is 0 Å². The van der Waals surface area contributed by atoms with Crippen LogP contribution in [0.4, 0.5) is 10.1 Å². The molecule has 6 heteroatoms. The second-order valence-electron chi connectivity index (χ2n) is 5.78. The van der Waals surface area contributed by atoms with Gasteiger partial charge in [0, 0.05) is 17.2 Å². The van der Waals surface area contributed by atoms with Crippen molar-refractivity contribution in [3.63, 3.8) is 0 Å². The molecule has 116 valence electrons. The highest BCUT2D eigenvalue weighted by molar-refractivity contribution is 5.36. The van der Waals surface area contributed by atoms with Crippen LogP contribution < -0.4 is 5.73 Å². The minimum atomic E-state index is -0.825. The van der Waals surface area contributed by atoms with E-state index in [2.05, 4.69) is 0 Å². The molecule has 5 nitrogen and oxygen atoms in total. The molecule has 1 saturated carbocycles. The Bertz CT molecular complexity index is 500. The summed E-state index contributed by atoms with van der Waals surface area (Å²) in [6.45, 7) is 0.363. The molecule has 0 bridgehead atoms. The van der Waals surface area contributed by atoms with Crippen LogP contribution in [0.25, 0.3) is 0 Å². The Balaban J connectivity index is 1.94. The van der Waals surface area contributed by atoms with E-state index in [0.29, 0.717) is 6.61 Å². The Kier molecular flexibility index (Phi) is 5.25. The lowest BCUT2D eigenvalue weighted by molar-refractivity contribution is -0.387. The second-order valence-corrected chi connectivity index (χ2v) is 5.78. The highest BCUT2D eigenvalue weighted by Gasteiger charge is 2.26. The first-order valence-electron chi connectivity index (χ1n) is 7.30. The lowest BCUT2D eigenvalue weighted by Gasteiger charge is -2.27. The van der Waals surface area contributed by atoms with Gasteiger partial charge in [0.05, 0.1) is 18.1 Å². The van der Waals surface area contributed by atoms with E-state index in [4.69, 9.17) is 10.5 Å². The van der Waals surface area contributed by atoms with Crippen molar-refractivity contribution in [3.8, 4) is 0 Å². The fraction of sp³-hybridized carbons (Fsp3) is 0.600. The first kappa shape index (κ1) is 15.9. The summed E-state index contributed by atoms with van der Waals surface area (Å²) in [6, 6.07) is 4.11. The Morgan fingerprint density at radius 1 is 1.29 bits per heavy atom. The number of hydrogen-bond acceptors (Lipinski definition) is 4. The van der Waals surface area contributed by atoms with Crippen molar-refractivity contribution in [2.75, 3.05) is 6.61 Å². The summed E-state index contributed by atoms with van der Waals surface area (Å²) in [6.07, 6.45) is 6.38.